The van der Waals surface area contributed by atoms with Crippen molar-refractivity contribution in [3.05, 3.63) is 17.4 Å². The molecule has 0 aliphatic carbocycles. The van der Waals surface area contributed by atoms with Crippen molar-refractivity contribution in [3.8, 4) is 0 Å². The summed E-state index contributed by atoms with van der Waals surface area (Å²) in [7, 11) is 1.86. The van der Waals surface area contributed by atoms with Crippen LogP contribution in [0.1, 0.15) is 26.6 Å². The molecule has 0 atom stereocenters. The second kappa shape index (κ2) is 5.19. The molecule has 2 rings (SSSR count). The summed E-state index contributed by atoms with van der Waals surface area (Å²) in [5.41, 5.74) is 1.64. The van der Waals surface area contributed by atoms with Crippen LogP contribution >= 0.6 is 23.1 Å². The van der Waals surface area contributed by atoms with Gasteiger partial charge in [-0.05, 0) is 11.8 Å². The molecule has 5 nitrogen and oxygen atoms in total. The van der Waals surface area contributed by atoms with Gasteiger partial charge < -0.3 is 5.32 Å². The van der Waals surface area contributed by atoms with E-state index in [4.69, 9.17) is 0 Å². The van der Waals surface area contributed by atoms with Crippen LogP contribution in [0.15, 0.2) is 20.9 Å². The maximum absolute atomic E-state index is 4.58. The lowest BCUT2D eigenvalue weighted by molar-refractivity contribution is 0.539. The number of hydrogen-bond donors (Lipinski definition) is 1. The van der Waals surface area contributed by atoms with Crippen molar-refractivity contribution in [2.45, 2.75) is 35.6 Å². The molecule has 0 amide bonds. The molecule has 2 aromatic heterocycles. The van der Waals surface area contributed by atoms with Gasteiger partial charge in [-0.1, -0.05) is 32.1 Å². The van der Waals surface area contributed by atoms with Crippen LogP contribution in [0.4, 0.5) is 5.82 Å². The highest BCUT2D eigenvalue weighted by Gasteiger charge is 2.19. The number of aromatic nitrogens is 4. The summed E-state index contributed by atoms with van der Waals surface area (Å²) < 4.78 is 0.885. The first-order valence-corrected chi connectivity index (χ1v) is 7.20. The third-order valence-electron chi connectivity index (χ3n) is 2.16. The Balaban J connectivity index is 2.35. The van der Waals surface area contributed by atoms with E-state index in [0.717, 1.165) is 21.0 Å². The Morgan fingerprint density at radius 1 is 1.28 bits per heavy atom. The second-order valence-corrected chi connectivity index (χ2v) is 6.82. The monoisotopic (exact) mass is 281 g/mol. The molecule has 0 aromatic carbocycles. The summed E-state index contributed by atoms with van der Waals surface area (Å²) in [6.07, 6.45) is 0. The number of nitrogens with zero attached hydrogens (tertiary/aromatic N) is 4. The summed E-state index contributed by atoms with van der Waals surface area (Å²) in [6.45, 7) is 6.30. The molecule has 96 valence electrons. The standard InChI is InChI=1S/C11H15N5S2/c1-11(2,3)9-14-7(12-4)5-8(15-9)18-10-16-13-6-17-10/h5-6H,1-4H3,(H,12,14,15). The lowest BCUT2D eigenvalue weighted by atomic mass is 9.96. The number of nitrogens with one attached hydrogen (secondary N) is 1. The van der Waals surface area contributed by atoms with Gasteiger partial charge in [-0.15, -0.1) is 10.2 Å². The lowest BCUT2D eigenvalue weighted by Crippen LogP contribution is -2.17. The maximum atomic E-state index is 4.58. The molecule has 0 aliphatic heterocycles. The first-order chi connectivity index (χ1) is 8.49. The van der Waals surface area contributed by atoms with Gasteiger partial charge in [-0.25, -0.2) is 9.97 Å². The zero-order valence-corrected chi connectivity index (χ0v) is 12.4. The Kier molecular flexibility index (Phi) is 3.82. The van der Waals surface area contributed by atoms with E-state index < -0.39 is 0 Å². The predicted octanol–water partition coefficient (Wildman–Crippen LogP) is 2.82. The van der Waals surface area contributed by atoms with Crippen LogP contribution < -0.4 is 5.32 Å². The van der Waals surface area contributed by atoms with Gasteiger partial charge in [0.05, 0.1) is 0 Å². The molecule has 2 heterocycles. The molecule has 7 heteroatoms. The second-order valence-electron chi connectivity index (χ2n) is 4.72. The molecular weight excluding hydrogens is 266 g/mol. The van der Waals surface area contributed by atoms with E-state index in [1.807, 2.05) is 13.1 Å². The minimum Gasteiger partial charge on any atom is -0.373 e. The highest BCUT2D eigenvalue weighted by atomic mass is 32.2. The predicted molar refractivity (Wildman–Crippen MR) is 74.3 cm³/mol. The van der Waals surface area contributed by atoms with Crippen molar-refractivity contribution in [2.24, 2.45) is 0 Å². The molecular formula is C11H15N5S2. The first kappa shape index (κ1) is 13.2. The molecule has 0 unspecified atom stereocenters. The van der Waals surface area contributed by atoms with Crippen molar-refractivity contribution < 1.29 is 0 Å². The third kappa shape index (κ3) is 3.17. The fraction of sp³-hybridized carbons (Fsp3) is 0.455. The molecule has 0 radical (unpaired) electrons. The molecule has 0 saturated carbocycles. The van der Waals surface area contributed by atoms with Gasteiger partial charge in [0, 0.05) is 18.5 Å². The average molecular weight is 281 g/mol. The fourth-order valence-corrected chi connectivity index (χ4v) is 2.66. The minimum atomic E-state index is -0.0801. The normalized spacial score (nSPS) is 11.6. The van der Waals surface area contributed by atoms with Crippen molar-refractivity contribution >= 4 is 28.9 Å². The summed E-state index contributed by atoms with van der Waals surface area (Å²) in [4.78, 5) is 9.06. The maximum Gasteiger partial charge on any atom is 0.180 e. The van der Waals surface area contributed by atoms with E-state index in [-0.39, 0.29) is 5.41 Å². The Hall–Kier alpha value is -1.21. The number of anilines is 1. The molecule has 0 bridgehead atoms. The Labute approximate surface area is 114 Å². The van der Waals surface area contributed by atoms with E-state index in [2.05, 4.69) is 46.3 Å². The molecule has 0 spiro atoms. The summed E-state index contributed by atoms with van der Waals surface area (Å²) in [5, 5.41) is 11.8. The topological polar surface area (TPSA) is 63.6 Å². The van der Waals surface area contributed by atoms with Gasteiger partial charge in [0.2, 0.25) is 0 Å². The van der Waals surface area contributed by atoms with Crippen LogP contribution in [-0.2, 0) is 5.41 Å². The van der Waals surface area contributed by atoms with Crippen LogP contribution in [0, 0.1) is 0 Å². The van der Waals surface area contributed by atoms with E-state index in [0.29, 0.717) is 0 Å². The Morgan fingerprint density at radius 2 is 2.06 bits per heavy atom. The van der Waals surface area contributed by atoms with Crippen molar-refractivity contribution in [1.82, 2.24) is 20.2 Å². The third-order valence-corrected chi connectivity index (χ3v) is 3.86. The Bertz CT molecular complexity index is 519. The molecule has 0 saturated heterocycles. The zero-order chi connectivity index (χ0) is 13.2. The highest BCUT2D eigenvalue weighted by Crippen LogP contribution is 2.30. The Morgan fingerprint density at radius 3 is 2.61 bits per heavy atom. The van der Waals surface area contributed by atoms with Gasteiger partial charge in [0.15, 0.2) is 4.34 Å². The zero-order valence-electron chi connectivity index (χ0n) is 10.8. The fourth-order valence-electron chi connectivity index (χ4n) is 1.24. The van der Waals surface area contributed by atoms with Crippen molar-refractivity contribution in [3.63, 3.8) is 0 Å². The number of rotatable bonds is 3. The van der Waals surface area contributed by atoms with Crippen molar-refractivity contribution in [1.29, 1.82) is 0 Å². The molecule has 0 aliphatic rings. The van der Waals surface area contributed by atoms with Gasteiger partial charge in [-0.2, -0.15) is 0 Å². The van der Waals surface area contributed by atoms with Gasteiger partial charge in [-0.3, -0.25) is 0 Å². The quantitative estimate of drug-likeness (QED) is 0.873. The minimum absolute atomic E-state index is 0.0801. The van der Waals surface area contributed by atoms with Gasteiger partial charge >= 0.3 is 0 Å². The summed E-state index contributed by atoms with van der Waals surface area (Å²) >= 11 is 3.01. The van der Waals surface area contributed by atoms with Gasteiger partial charge in [0.1, 0.15) is 22.2 Å². The van der Waals surface area contributed by atoms with Crippen LogP contribution in [-0.4, -0.2) is 27.2 Å². The molecule has 1 N–H and O–H groups in total. The number of hydrogen-bond acceptors (Lipinski definition) is 7. The van der Waals surface area contributed by atoms with E-state index in [1.54, 1.807) is 5.51 Å². The summed E-state index contributed by atoms with van der Waals surface area (Å²) in [5.74, 6) is 1.64. The smallest absolute Gasteiger partial charge is 0.180 e. The lowest BCUT2D eigenvalue weighted by Gasteiger charge is -2.18. The SMILES string of the molecule is CNc1cc(Sc2nncs2)nc(C(C)(C)C)n1. The van der Waals surface area contributed by atoms with Crippen LogP contribution in [0.5, 0.6) is 0 Å². The molecule has 0 fully saturated rings. The summed E-state index contributed by atoms with van der Waals surface area (Å²) in [6, 6.07) is 1.92. The average Bonchev–Trinajstić information content (AvgIpc) is 2.80. The van der Waals surface area contributed by atoms with Gasteiger partial charge in [0.25, 0.3) is 0 Å². The van der Waals surface area contributed by atoms with E-state index in [1.165, 1.54) is 23.1 Å². The van der Waals surface area contributed by atoms with Crippen molar-refractivity contribution in [2.75, 3.05) is 12.4 Å². The van der Waals surface area contributed by atoms with Crippen LogP contribution in [0.3, 0.4) is 0 Å². The molecule has 18 heavy (non-hydrogen) atoms. The van der Waals surface area contributed by atoms with Crippen LogP contribution in [0.25, 0.3) is 0 Å². The van der Waals surface area contributed by atoms with E-state index >= 15 is 0 Å². The van der Waals surface area contributed by atoms with Crippen LogP contribution in [0.2, 0.25) is 0 Å². The van der Waals surface area contributed by atoms with E-state index in [9.17, 15) is 0 Å². The first-order valence-electron chi connectivity index (χ1n) is 5.50. The largest absolute Gasteiger partial charge is 0.373 e. The molecule has 2 aromatic rings. The highest BCUT2D eigenvalue weighted by molar-refractivity contribution is 8.00.